The Hall–Kier alpha value is -1.04. The number of allylic oxidation sites excluding steroid dienone is 5. The van der Waals surface area contributed by atoms with Crippen LogP contribution in [0.2, 0.25) is 0 Å². The van der Waals surface area contributed by atoms with Crippen molar-refractivity contribution in [3.8, 4) is 0 Å². The monoisotopic (exact) mass is 448 g/mol. The number of hydrogen-bond donors (Lipinski definition) is 1. The van der Waals surface area contributed by atoms with Gasteiger partial charge in [-0.15, -0.1) is 5.73 Å². The van der Waals surface area contributed by atoms with Crippen LogP contribution < -0.4 is 0 Å². The maximum atomic E-state index is 9.09. The van der Waals surface area contributed by atoms with Crippen LogP contribution in [0.4, 0.5) is 0 Å². The first-order chi connectivity index (χ1) is 15.7. The molecule has 0 amide bonds. The zero-order chi connectivity index (χ0) is 24.5. The van der Waals surface area contributed by atoms with E-state index in [1.807, 2.05) is 20.8 Å². The van der Waals surface area contributed by atoms with E-state index in [-0.39, 0.29) is 6.10 Å². The van der Waals surface area contributed by atoms with Crippen molar-refractivity contribution in [3.63, 3.8) is 0 Å². The Morgan fingerprint density at radius 3 is 1.59 bits per heavy atom. The lowest BCUT2D eigenvalue weighted by atomic mass is 10.1. The number of rotatable bonds is 19. The first-order valence-electron chi connectivity index (χ1n) is 14.1. The molecule has 0 heterocycles. The molecule has 1 N–H and O–H groups in total. The predicted octanol–water partition coefficient (Wildman–Crippen LogP) is 10.9. The van der Waals surface area contributed by atoms with Crippen LogP contribution in [0.3, 0.4) is 0 Å². The smallest absolute Gasteiger partial charge is 0.0512 e. The number of aliphatic hydroxyl groups excluding tert-OH is 1. The van der Waals surface area contributed by atoms with Crippen LogP contribution in [-0.4, -0.2) is 11.2 Å². The van der Waals surface area contributed by atoms with Gasteiger partial charge in [-0.3, -0.25) is 0 Å². The molecule has 1 heteroatoms. The summed E-state index contributed by atoms with van der Waals surface area (Å²) in [6.45, 7) is 12.6. The molecule has 0 aliphatic carbocycles. The van der Waals surface area contributed by atoms with Crippen molar-refractivity contribution in [2.75, 3.05) is 0 Å². The van der Waals surface area contributed by atoms with Gasteiger partial charge in [-0.2, -0.15) is 0 Å². The standard InChI is InChI=1S/C16H30O.C13H24.C2H6/c1-3-4-5-6-7-8-9-10-11-12-13-14-15-16(2)17;1-3-5-7-9-11-13-12-10-8-6-4-2;1-2/h6-9,16-17H,3-5,10-15H2,1-2H3;9,13H,3-8,10,12H2,1-2H3;1-2H3/b7-6+,9-8+;;. The molecule has 0 aliphatic rings. The highest BCUT2D eigenvalue weighted by atomic mass is 16.3. The third-order valence-corrected chi connectivity index (χ3v) is 4.99. The van der Waals surface area contributed by atoms with Gasteiger partial charge in [-0.1, -0.05) is 117 Å². The molecular formula is C31H60O. The molecule has 0 aromatic carbocycles. The van der Waals surface area contributed by atoms with E-state index in [0.29, 0.717) is 0 Å². The van der Waals surface area contributed by atoms with E-state index in [2.05, 4.69) is 63.0 Å². The first kappa shape index (κ1) is 35.5. The van der Waals surface area contributed by atoms with Gasteiger partial charge in [0.1, 0.15) is 0 Å². The van der Waals surface area contributed by atoms with Crippen molar-refractivity contribution in [1.29, 1.82) is 0 Å². The second kappa shape index (κ2) is 37.3. The summed E-state index contributed by atoms with van der Waals surface area (Å²) in [5.41, 5.74) is 3.25. The minimum Gasteiger partial charge on any atom is -0.393 e. The molecule has 0 saturated heterocycles. The fraction of sp³-hybridized carbons (Fsp3) is 0.774. The third-order valence-electron chi connectivity index (χ3n) is 4.99. The van der Waals surface area contributed by atoms with E-state index < -0.39 is 0 Å². The highest BCUT2D eigenvalue weighted by molar-refractivity contribution is 5.02. The molecule has 32 heavy (non-hydrogen) atoms. The fourth-order valence-electron chi connectivity index (χ4n) is 2.96. The van der Waals surface area contributed by atoms with Gasteiger partial charge in [0.05, 0.1) is 6.10 Å². The summed E-state index contributed by atoms with van der Waals surface area (Å²) in [4.78, 5) is 0. The molecule has 190 valence electrons. The van der Waals surface area contributed by atoms with Gasteiger partial charge in [0.2, 0.25) is 0 Å². The Bertz CT molecular complexity index is 410. The summed E-state index contributed by atoms with van der Waals surface area (Å²) in [6, 6.07) is 0. The highest BCUT2D eigenvalue weighted by Crippen LogP contribution is 2.07. The van der Waals surface area contributed by atoms with E-state index in [1.165, 1.54) is 96.3 Å². The quantitative estimate of drug-likeness (QED) is 0.118. The molecule has 1 atom stereocenters. The average molecular weight is 449 g/mol. The number of aliphatic hydroxyl groups is 1. The van der Waals surface area contributed by atoms with Crippen LogP contribution in [0.15, 0.2) is 42.2 Å². The Kier molecular flexibility index (Phi) is 41.4. The van der Waals surface area contributed by atoms with Gasteiger partial charge in [-0.25, -0.2) is 0 Å². The lowest BCUT2D eigenvalue weighted by molar-refractivity contribution is 0.180. The van der Waals surface area contributed by atoms with E-state index in [0.717, 1.165) is 12.8 Å². The van der Waals surface area contributed by atoms with Crippen molar-refractivity contribution in [3.05, 3.63) is 42.2 Å². The molecule has 0 aliphatic heterocycles. The van der Waals surface area contributed by atoms with Crippen LogP contribution in [0, 0.1) is 0 Å². The Morgan fingerprint density at radius 2 is 1.03 bits per heavy atom. The molecule has 1 nitrogen and oxygen atoms in total. The molecule has 1 unspecified atom stereocenters. The fourth-order valence-corrected chi connectivity index (χ4v) is 2.96. The SMILES string of the molecule is CC.CCCC/C=C/C=C/CCCCCCC(C)O.CCCCC=C=CCCCCCC. The molecule has 0 fully saturated rings. The van der Waals surface area contributed by atoms with E-state index >= 15 is 0 Å². The third kappa shape index (κ3) is 42.9. The van der Waals surface area contributed by atoms with Gasteiger partial charge in [0, 0.05) is 0 Å². The topological polar surface area (TPSA) is 20.2 Å². The summed E-state index contributed by atoms with van der Waals surface area (Å²) >= 11 is 0. The maximum absolute atomic E-state index is 9.09. The molecule has 0 rings (SSSR count). The molecule has 0 radical (unpaired) electrons. The van der Waals surface area contributed by atoms with E-state index in [4.69, 9.17) is 5.11 Å². The molecule has 0 aromatic heterocycles. The number of hydrogen-bond acceptors (Lipinski definition) is 1. The van der Waals surface area contributed by atoms with Gasteiger partial charge in [0.15, 0.2) is 0 Å². The number of unbranched alkanes of at least 4 members (excludes halogenated alkanes) is 12. The van der Waals surface area contributed by atoms with Crippen molar-refractivity contribution >= 4 is 0 Å². The molecule has 0 bridgehead atoms. The van der Waals surface area contributed by atoms with Crippen molar-refractivity contribution in [2.45, 2.75) is 157 Å². The summed E-state index contributed by atoms with van der Waals surface area (Å²) < 4.78 is 0. The summed E-state index contributed by atoms with van der Waals surface area (Å²) in [7, 11) is 0. The summed E-state index contributed by atoms with van der Waals surface area (Å²) in [6.07, 6.45) is 34.4. The van der Waals surface area contributed by atoms with Crippen molar-refractivity contribution in [1.82, 2.24) is 0 Å². The van der Waals surface area contributed by atoms with Crippen LogP contribution in [0.25, 0.3) is 0 Å². The van der Waals surface area contributed by atoms with Gasteiger partial charge in [-0.05, 0) is 70.4 Å². The maximum Gasteiger partial charge on any atom is 0.0512 e. The Labute approximate surface area is 204 Å². The lowest BCUT2D eigenvalue weighted by Gasteiger charge is -2.02. The molecular weight excluding hydrogens is 388 g/mol. The largest absolute Gasteiger partial charge is 0.393 e. The lowest BCUT2D eigenvalue weighted by Crippen LogP contribution is -1.97. The zero-order valence-corrected chi connectivity index (χ0v) is 23.0. The second-order valence-electron chi connectivity index (χ2n) is 8.41. The molecule has 0 spiro atoms. The average Bonchev–Trinajstić information content (AvgIpc) is 2.80. The van der Waals surface area contributed by atoms with Crippen LogP contribution in [0.5, 0.6) is 0 Å². The minimum atomic E-state index is -0.122. The second-order valence-corrected chi connectivity index (χ2v) is 8.41. The van der Waals surface area contributed by atoms with E-state index in [1.54, 1.807) is 0 Å². The first-order valence-corrected chi connectivity index (χ1v) is 14.1. The predicted molar refractivity (Wildman–Crippen MR) is 149 cm³/mol. The van der Waals surface area contributed by atoms with Crippen LogP contribution >= 0.6 is 0 Å². The van der Waals surface area contributed by atoms with Crippen molar-refractivity contribution < 1.29 is 5.11 Å². The van der Waals surface area contributed by atoms with Crippen LogP contribution in [-0.2, 0) is 0 Å². The molecule has 0 saturated carbocycles. The van der Waals surface area contributed by atoms with Crippen LogP contribution in [0.1, 0.15) is 151 Å². The molecule has 0 aromatic rings. The van der Waals surface area contributed by atoms with Gasteiger partial charge >= 0.3 is 0 Å². The summed E-state index contributed by atoms with van der Waals surface area (Å²) in [5, 5.41) is 9.09. The Balaban J connectivity index is -0.000000502. The normalized spacial score (nSPS) is 11.3. The van der Waals surface area contributed by atoms with Crippen molar-refractivity contribution in [2.24, 2.45) is 0 Å². The summed E-state index contributed by atoms with van der Waals surface area (Å²) in [5.74, 6) is 0. The minimum absolute atomic E-state index is 0.122. The van der Waals surface area contributed by atoms with E-state index in [9.17, 15) is 0 Å². The van der Waals surface area contributed by atoms with Gasteiger partial charge < -0.3 is 5.11 Å². The van der Waals surface area contributed by atoms with Gasteiger partial charge in [0.25, 0.3) is 0 Å². The Morgan fingerprint density at radius 1 is 0.594 bits per heavy atom. The highest BCUT2D eigenvalue weighted by Gasteiger charge is 1.94. The zero-order valence-electron chi connectivity index (χ0n) is 23.0.